The molecule has 1 aromatic carbocycles. The summed E-state index contributed by atoms with van der Waals surface area (Å²) in [6, 6.07) is 5.38. The Labute approximate surface area is 174 Å². The molecule has 1 saturated heterocycles. The van der Waals surface area contributed by atoms with Gasteiger partial charge in [-0.15, -0.1) is 0 Å². The maximum absolute atomic E-state index is 14.9. The normalized spacial score (nSPS) is 16.2. The molecule has 0 saturated carbocycles. The lowest BCUT2D eigenvalue weighted by atomic mass is 9.84. The SMILES string of the molecule is Cc1c(CN2CC(C)(C)C2)ccc(F)c1-c1cc2c(-c3cnn(C)c3)n[nH]c2cn1. The molecule has 1 fully saturated rings. The number of halogens is 1. The molecule has 3 aromatic heterocycles. The van der Waals surface area contributed by atoms with Gasteiger partial charge in [0.05, 0.1) is 23.6 Å². The highest BCUT2D eigenvalue weighted by molar-refractivity contribution is 5.94. The fourth-order valence-corrected chi connectivity index (χ4v) is 4.54. The van der Waals surface area contributed by atoms with Crippen LogP contribution in [0.5, 0.6) is 0 Å². The molecule has 0 aliphatic carbocycles. The van der Waals surface area contributed by atoms with Gasteiger partial charge in [0.2, 0.25) is 0 Å². The summed E-state index contributed by atoms with van der Waals surface area (Å²) < 4.78 is 16.7. The van der Waals surface area contributed by atoms with Crippen LogP contribution in [0.4, 0.5) is 4.39 Å². The monoisotopic (exact) mass is 404 g/mol. The molecule has 1 aliphatic rings. The molecule has 1 N–H and O–H groups in total. The number of aromatic amines is 1. The van der Waals surface area contributed by atoms with Crippen LogP contribution in [0.25, 0.3) is 33.4 Å². The molecule has 1 aliphatic heterocycles. The summed E-state index contributed by atoms with van der Waals surface area (Å²) in [5, 5.41) is 12.6. The van der Waals surface area contributed by atoms with Crippen molar-refractivity contribution in [3.63, 3.8) is 0 Å². The largest absolute Gasteiger partial charge is 0.298 e. The third-order valence-corrected chi connectivity index (χ3v) is 5.91. The Balaban J connectivity index is 1.55. The average molecular weight is 404 g/mol. The predicted octanol–water partition coefficient (Wildman–Crippen LogP) is 4.31. The van der Waals surface area contributed by atoms with E-state index in [1.807, 2.05) is 32.3 Å². The number of pyridine rings is 1. The van der Waals surface area contributed by atoms with Crippen molar-refractivity contribution >= 4 is 10.9 Å². The highest BCUT2D eigenvalue weighted by atomic mass is 19.1. The summed E-state index contributed by atoms with van der Waals surface area (Å²) in [5.74, 6) is -0.251. The minimum absolute atomic E-state index is 0.251. The van der Waals surface area contributed by atoms with Gasteiger partial charge in [-0.25, -0.2) is 4.39 Å². The maximum Gasteiger partial charge on any atom is 0.132 e. The van der Waals surface area contributed by atoms with Crippen molar-refractivity contribution in [3.05, 3.63) is 53.7 Å². The van der Waals surface area contributed by atoms with E-state index >= 15 is 0 Å². The van der Waals surface area contributed by atoms with Gasteiger partial charge in [0.25, 0.3) is 0 Å². The third kappa shape index (κ3) is 3.19. The number of likely N-dealkylation sites (tertiary alicyclic amines) is 1. The average Bonchev–Trinajstić information content (AvgIpc) is 3.28. The first-order valence-corrected chi connectivity index (χ1v) is 10.1. The summed E-state index contributed by atoms with van der Waals surface area (Å²) in [6.07, 6.45) is 5.41. The van der Waals surface area contributed by atoms with Crippen LogP contribution >= 0.6 is 0 Å². The van der Waals surface area contributed by atoms with E-state index in [0.717, 1.165) is 52.9 Å². The number of aryl methyl sites for hydroxylation is 1. The number of nitrogens with one attached hydrogen (secondary N) is 1. The molecule has 5 rings (SSSR count). The predicted molar refractivity (Wildman–Crippen MR) is 115 cm³/mol. The van der Waals surface area contributed by atoms with Crippen LogP contribution < -0.4 is 0 Å². The van der Waals surface area contributed by atoms with Gasteiger partial charge in [-0.3, -0.25) is 19.7 Å². The topological polar surface area (TPSA) is 62.6 Å². The van der Waals surface area contributed by atoms with Gasteiger partial charge in [-0.05, 0) is 35.6 Å². The van der Waals surface area contributed by atoms with Crippen LogP contribution in [-0.2, 0) is 13.6 Å². The van der Waals surface area contributed by atoms with Crippen molar-refractivity contribution < 1.29 is 4.39 Å². The van der Waals surface area contributed by atoms with Crippen LogP contribution in [0.15, 0.2) is 36.8 Å². The molecule has 0 atom stereocenters. The van der Waals surface area contributed by atoms with Crippen LogP contribution in [0.2, 0.25) is 0 Å². The standard InChI is InChI=1S/C23H25FN6/c1-14-15(11-30-12-23(2,3)13-30)5-6-18(24)21(14)19-7-17-20(9-25-19)27-28-22(17)16-8-26-29(4)10-16/h5-10H,11-13H2,1-4H3,(H,27,28). The van der Waals surface area contributed by atoms with Crippen molar-refractivity contribution in [2.75, 3.05) is 13.1 Å². The number of nitrogens with zero attached hydrogens (tertiary/aromatic N) is 5. The molecule has 7 heteroatoms. The molecule has 0 bridgehead atoms. The number of benzene rings is 1. The molecular formula is C23H25FN6. The van der Waals surface area contributed by atoms with Gasteiger partial charge in [-0.1, -0.05) is 19.9 Å². The minimum Gasteiger partial charge on any atom is -0.298 e. The third-order valence-electron chi connectivity index (χ3n) is 5.91. The minimum atomic E-state index is -0.251. The van der Waals surface area contributed by atoms with E-state index in [9.17, 15) is 4.39 Å². The zero-order valence-corrected chi connectivity index (χ0v) is 17.7. The smallest absolute Gasteiger partial charge is 0.132 e. The van der Waals surface area contributed by atoms with Gasteiger partial charge >= 0.3 is 0 Å². The fourth-order valence-electron chi connectivity index (χ4n) is 4.54. The Hall–Kier alpha value is -3.06. The Kier molecular flexibility index (Phi) is 4.25. The van der Waals surface area contributed by atoms with Crippen molar-refractivity contribution in [1.82, 2.24) is 29.9 Å². The van der Waals surface area contributed by atoms with Crippen LogP contribution in [0.3, 0.4) is 0 Å². The van der Waals surface area contributed by atoms with E-state index in [1.54, 1.807) is 23.1 Å². The van der Waals surface area contributed by atoms with E-state index in [-0.39, 0.29) is 5.82 Å². The molecule has 0 unspecified atom stereocenters. The summed E-state index contributed by atoms with van der Waals surface area (Å²) in [5.41, 5.74) is 6.15. The fraction of sp³-hybridized carbons (Fsp3) is 0.348. The maximum atomic E-state index is 14.9. The van der Waals surface area contributed by atoms with Crippen molar-refractivity contribution in [2.24, 2.45) is 12.5 Å². The molecule has 4 heterocycles. The number of aromatic nitrogens is 5. The molecule has 6 nitrogen and oxygen atoms in total. The second-order valence-corrected chi connectivity index (χ2v) is 9.11. The molecule has 0 radical (unpaired) electrons. The van der Waals surface area contributed by atoms with E-state index in [4.69, 9.17) is 0 Å². The quantitative estimate of drug-likeness (QED) is 0.550. The van der Waals surface area contributed by atoms with Crippen molar-refractivity contribution in [2.45, 2.75) is 27.3 Å². The van der Waals surface area contributed by atoms with Gasteiger partial charge in [0.1, 0.15) is 11.5 Å². The van der Waals surface area contributed by atoms with E-state index < -0.39 is 0 Å². The number of H-pyrrole nitrogens is 1. The number of fused-ring (bicyclic) bond motifs is 1. The van der Waals surface area contributed by atoms with Crippen LogP contribution in [0.1, 0.15) is 25.0 Å². The van der Waals surface area contributed by atoms with Crippen LogP contribution in [-0.4, -0.2) is 43.0 Å². The summed E-state index contributed by atoms with van der Waals surface area (Å²) in [4.78, 5) is 6.94. The van der Waals surface area contributed by atoms with Crippen molar-refractivity contribution in [3.8, 4) is 22.5 Å². The number of rotatable bonds is 4. The Morgan fingerprint density at radius 3 is 2.70 bits per heavy atom. The Morgan fingerprint density at radius 2 is 2.00 bits per heavy atom. The summed E-state index contributed by atoms with van der Waals surface area (Å²) in [7, 11) is 1.87. The van der Waals surface area contributed by atoms with E-state index in [2.05, 4.69) is 39.0 Å². The molecule has 154 valence electrons. The van der Waals surface area contributed by atoms with E-state index in [0.29, 0.717) is 16.7 Å². The zero-order chi connectivity index (χ0) is 21.0. The van der Waals surface area contributed by atoms with E-state index in [1.165, 1.54) is 0 Å². The summed E-state index contributed by atoms with van der Waals surface area (Å²) in [6.45, 7) is 9.49. The lowest BCUT2D eigenvalue weighted by molar-refractivity contribution is 0.0241. The summed E-state index contributed by atoms with van der Waals surface area (Å²) >= 11 is 0. The first-order chi connectivity index (χ1) is 14.3. The number of hydrogen-bond donors (Lipinski definition) is 1. The van der Waals surface area contributed by atoms with Gasteiger partial charge < -0.3 is 0 Å². The van der Waals surface area contributed by atoms with Gasteiger partial charge in [0, 0.05) is 49.4 Å². The molecular weight excluding hydrogens is 379 g/mol. The Bertz CT molecular complexity index is 1240. The second-order valence-electron chi connectivity index (χ2n) is 9.11. The first-order valence-electron chi connectivity index (χ1n) is 10.1. The second kappa shape index (κ2) is 6.74. The lowest BCUT2D eigenvalue weighted by Crippen LogP contribution is -2.52. The number of hydrogen-bond acceptors (Lipinski definition) is 4. The Morgan fingerprint density at radius 1 is 1.20 bits per heavy atom. The van der Waals surface area contributed by atoms with Gasteiger partial charge in [-0.2, -0.15) is 10.2 Å². The molecule has 0 amide bonds. The molecule has 0 spiro atoms. The van der Waals surface area contributed by atoms with Crippen molar-refractivity contribution in [1.29, 1.82) is 0 Å². The highest BCUT2D eigenvalue weighted by Crippen LogP contribution is 2.35. The van der Waals surface area contributed by atoms with Gasteiger partial charge in [0.15, 0.2) is 0 Å². The first kappa shape index (κ1) is 18.9. The molecule has 30 heavy (non-hydrogen) atoms. The lowest BCUT2D eigenvalue weighted by Gasteiger charge is -2.46. The highest BCUT2D eigenvalue weighted by Gasteiger charge is 2.34. The van der Waals surface area contributed by atoms with Crippen LogP contribution in [0, 0.1) is 18.2 Å². The zero-order valence-electron chi connectivity index (χ0n) is 17.7. The molecule has 4 aromatic rings.